The number of hydrogen-bond acceptors (Lipinski definition) is 4. The number of benzene rings is 1. The van der Waals surface area contributed by atoms with E-state index in [2.05, 4.69) is 10.2 Å². The highest BCUT2D eigenvalue weighted by Gasteiger charge is 2.15. The molecule has 0 atom stereocenters. The van der Waals surface area contributed by atoms with Gasteiger partial charge in [0.25, 0.3) is 0 Å². The maximum absolute atomic E-state index is 13.5. The Balaban J connectivity index is 1.66. The molecule has 1 heterocycles. The third-order valence-corrected chi connectivity index (χ3v) is 4.52. The Hall–Kier alpha value is -1.99. The summed E-state index contributed by atoms with van der Waals surface area (Å²) in [5.41, 5.74) is 0.587. The standard InChI is InChI=1S/C19H28FN3O3/c1-16(24)23(11-10-22-12-14-26-15-13-22)9-7-19(25)21-8-6-17-4-2-3-5-18(17)20/h2-5H,6-15H2,1H3,(H,21,25). The molecule has 0 aromatic heterocycles. The summed E-state index contributed by atoms with van der Waals surface area (Å²) in [4.78, 5) is 27.7. The van der Waals surface area contributed by atoms with Gasteiger partial charge in [-0.1, -0.05) is 18.2 Å². The number of morpholine rings is 1. The van der Waals surface area contributed by atoms with Gasteiger partial charge in [-0.3, -0.25) is 14.5 Å². The van der Waals surface area contributed by atoms with E-state index < -0.39 is 0 Å². The molecule has 6 nitrogen and oxygen atoms in total. The van der Waals surface area contributed by atoms with Crippen molar-refractivity contribution in [3.8, 4) is 0 Å². The number of ether oxygens (including phenoxy) is 1. The molecule has 0 radical (unpaired) electrons. The van der Waals surface area contributed by atoms with Gasteiger partial charge in [0.1, 0.15) is 5.82 Å². The van der Waals surface area contributed by atoms with E-state index in [0.717, 1.165) is 32.8 Å². The monoisotopic (exact) mass is 365 g/mol. The Morgan fingerprint density at radius 2 is 1.96 bits per heavy atom. The van der Waals surface area contributed by atoms with Gasteiger partial charge in [0.05, 0.1) is 13.2 Å². The number of nitrogens with zero attached hydrogens (tertiary/aromatic N) is 2. The highest BCUT2D eigenvalue weighted by Crippen LogP contribution is 2.06. The first-order chi connectivity index (χ1) is 12.6. The van der Waals surface area contributed by atoms with Crippen molar-refractivity contribution >= 4 is 11.8 Å². The van der Waals surface area contributed by atoms with Gasteiger partial charge < -0.3 is 15.0 Å². The fourth-order valence-corrected chi connectivity index (χ4v) is 2.88. The lowest BCUT2D eigenvalue weighted by Gasteiger charge is -2.29. The highest BCUT2D eigenvalue weighted by molar-refractivity contribution is 5.78. The van der Waals surface area contributed by atoms with Crippen LogP contribution < -0.4 is 5.32 Å². The summed E-state index contributed by atoms with van der Waals surface area (Å²) in [6.07, 6.45) is 0.700. The van der Waals surface area contributed by atoms with Gasteiger partial charge in [-0.2, -0.15) is 0 Å². The van der Waals surface area contributed by atoms with E-state index in [0.29, 0.717) is 31.6 Å². The molecule has 1 aromatic rings. The summed E-state index contributed by atoms with van der Waals surface area (Å²) in [5, 5.41) is 2.79. The van der Waals surface area contributed by atoms with Gasteiger partial charge in [-0.05, 0) is 18.1 Å². The zero-order valence-corrected chi connectivity index (χ0v) is 15.4. The van der Waals surface area contributed by atoms with Crippen LogP contribution in [0.5, 0.6) is 0 Å². The number of carbonyl (C=O) groups excluding carboxylic acids is 2. The second-order valence-electron chi connectivity index (χ2n) is 6.40. The van der Waals surface area contributed by atoms with Crippen molar-refractivity contribution in [3.05, 3.63) is 35.6 Å². The van der Waals surface area contributed by atoms with Crippen LogP contribution in [0.4, 0.5) is 4.39 Å². The minimum atomic E-state index is -0.257. The third-order valence-electron chi connectivity index (χ3n) is 4.52. The molecule has 26 heavy (non-hydrogen) atoms. The Labute approximate surface area is 154 Å². The third kappa shape index (κ3) is 7.09. The number of rotatable bonds is 9. The van der Waals surface area contributed by atoms with Crippen molar-refractivity contribution in [2.24, 2.45) is 0 Å². The molecule has 0 bridgehead atoms. The lowest BCUT2D eigenvalue weighted by Crippen LogP contribution is -2.43. The Morgan fingerprint density at radius 3 is 2.65 bits per heavy atom. The van der Waals surface area contributed by atoms with Crippen molar-refractivity contribution in [3.63, 3.8) is 0 Å². The largest absolute Gasteiger partial charge is 0.379 e. The Morgan fingerprint density at radius 1 is 1.23 bits per heavy atom. The van der Waals surface area contributed by atoms with Crippen LogP contribution in [0.1, 0.15) is 18.9 Å². The molecule has 1 aliphatic rings. The summed E-state index contributed by atoms with van der Waals surface area (Å²) in [5.74, 6) is -0.413. The van der Waals surface area contributed by atoms with E-state index in [-0.39, 0.29) is 24.1 Å². The van der Waals surface area contributed by atoms with Gasteiger partial charge in [0.15, 0.2) is 0 Å². The Kier molecular flexibility index (Phi) is 8.50. The zero-order valence-electron chi connectivity index (χ0n) is 15.4. The molecule has 0 saturated carbocycles. The molecule has 0 aliphatic carbocycles. The van der Waals surface area contributed by atoms with Gasteiger partial charge in [-0.25, -0.2) is 4.39 Å². The van der Waals surface area contributed by atoms with E-state index in [4.69, 9.17) is 4.74 Å². The maximum Gasteiger partial charge on any atom is 0.221 e. The molecule has 1 aromatic carbocycles. The van der Waals surface area contributed by atoms with Crippen LogP contribution in [0.15, 0.2) is 24.3 Å². The molecule has 2 amide bonds. The summed E-state index contributed by atoms with van der Waals surface area (Å²) in [6.45, 7) is 6.91. The molecule has 0 spiro atoms. The lowest BCUT2D eigenvalue weighted by molar-refractivity contribution is -0.130. The molecule has 1 fully saturated rings. The quantitative estimate of drug-likeness (QED) is 0.711. The molecular formula is C19H28FN3O3. The van der Waals surface area contributed by atoms with Gasteiger partial charge in [0, 0.05) is 52.6 Å². The number of carbonyl (C=O) groups is 2. The molecule has 1 aliphatic heterocycles. The molecule has 1 saturated heterocycles. The van der Waals surface area contributed by atoms with E-state index >= 15 is 0 Å². The van der Waals surface area contributed by atoms with Crippen LogP contribution in [0.25, 0.3) is 0 Å². The van der Waals surface area contributed by atoms with Gasteiger partial charge in [-0.15, -0.1) is 0 Å². The number of hydrogen-bond donors (Lipinski definition) is 1. The van der Waals surface area contributed by atoms with Gasteiger partial charge in [0.2, 0.25) is 11.8 Å². The normalized spacial score (nSPS) is 14.8. The second kappa shape index (κ2) is 10.9. The number of halogens is 1. The number of amides is 2. The van der Waals surface area contributed by atoms with Crippen LogP contribution in [0.3, 0.4) is 0 Å². The van der Waals surface area contributed by atoms with E-state index in [1.54, 1.807) is 23.1 Å². The molecular weight excluding hydrogens is 337 g/mol. The van der Waals surface area contributed by atoms with Crippen molar-refractivity contribution in [2.75, 3.05) is 52.5 Å². The maximum atomic E-state index is 13.5. The molecule has 1 N–H and O–H groups in total. The first-order valence-electron chi connectivity index (χ1n) is 9.12. The smallest absolute Gasteiger partial charge is 0.221 e. The summed E-state index contributed by atoms with van der Waals surface area (Å²) < 4.78 is 18.8. The fraction of sp³-hybridized carbons (Fsp3) is 0.579. The fourth-order valence-electron chi connectivity index (χ4n) is 2.88. The molecule has 144 valence electrons. The van der Waals surface area contributed by atoms with E-state index in [9.17, 15) is 14.0 Å². The van der Waals surface area contributed by atoms with Gasteiger partial charge >= 0.3 is 0 Å². The average Bonchev–Trinajstić information content (AvgIpc) is 2.64. The van der Waals surface area contributed by atoms with Crippen molar-refractivity contribution in [2.45, 2.75) is 19.8 Å². The van der Waals surface area contributed by atoms with Crippen LogP contribution in [0.2, 0.25) is 0 Å². The van der Waals surface area contributed by atoms with Crippen molar-refractivity contribution in [1.82, 2.24) is 15.1 Å². The van der Waals surface area contributed by atoms with E-state index in [1.807, 2.05) is 0 Å². The predicted octanol–water partition coefficient (Wildman–Crippen LogP) is 1.06. The zero-order chi connectivity index (χ0) is 18.8. The molecule has 0 unspecified atom stereocenters. The second-order valence-corrected chi connectivity index (χ2v) is 6.40. The van der Waals surface area contributed by atoms with Crippen LogP contribution in [-0.2, 0) is 20.7 Å². The van der Waals surface area contributed by atoms with Crippen molar-refractivity contribution in [1.29, 1.82) is 0 Å². The first-order valence-corrected chi connectivity index (χ1v) is 9.12. The van der Waals surface area contributed by atoms with Crippen molar-refractivity contribution < 1.29 is 18.7 Å². The van der Waals surface area contributed by atoms with Crippen LogP contribution in [0, 0.1) is 5.82 Å². The SMILES string of the molecule is CC(=O)N(CCC(=O)NCCc1ccccc1F)CCN1CCOCC1. The Bertz CT molecular complexity index is 591. The molecule has 7 heteroatoms. The minimum Gasteiger partial charge on any atom is -0.379 e. The summed E-state index contributed by atoms with van der Waals surface area (Å²) in [7, 11) is 0. The summed E-state index contributed by atoms with van der Waals surface area (Å²) in [6, 6.07) is 6.55. The topological polar surface area (TPSA) is 61.9 Å². The predicted molar refractivity (Wildman–Crippen MR) is 97.2 cm³/mol. The summed E-state index contributed by atoms with van der Waals surface area (Å²) >= 11 is 0. The highest BCUT2D eigenvalue weighted by atomic mass is 19.1. The lowest BCUT2D eigenvalue weighted by atomic mass is 10.1. The van der Waals surface area contributed by atoms with Crippen LogP contribution in [-0.4, -0.2) is 74.1 Å². The first kappa shape index (κ1) is 20.3. The minimum absolute atomic E-state index is 0.0302. The average molecular weight is 365 g/mol. The number of nitrogens with one attached hydrogen (secondary N) is 1. The van der Waals surface area contributed by atoms with Crippen LogP contribution >= 0.6 is 0 Å². The van der Waals surface area contributed by atoms with E-state index in [1.165, 1.54) is 13.0 Å². The molecule has 2 rings (SSSR count).